The molecule has 0 bridgehead atoms. The number of hydrogen-bond donors (Lipinski definition) is 2. The van der Waals surface area contributed by atoms with E-state index in [1.165, 1.54) is 0 Å². The quantitative estimate of drug-likeness (QED) is 0.614. The highest BCUT2D eigenvalue weighted by molar-refractivity contribution is 7.71. The Labute approximate surface area is 69.8 Å². The van der Waals surface area contributed by atoms with Crippen LogP contribution in [0.1, 0.15) is 5.82 Å². The summed E-state index contributed by atoms with van der Waals surface area (Å²) in [5, 5.41) is 6.48. The summed E-state index contributed by atoms with van der Waals surface area (Å²) in [5.41, 5.74) is 5.31. The van der Waals surface area contributed by atoms with E-state index in [1.807, 2.05) is 7.05 Å². The van der Waals surface area contributed by atoms with Crippen LogP contribution in [0.5, 0.6) is 0 Å². The van der Waals surface area contributed by atoms with Crippen LogP contribution in [0.2, 0.25) is 0 Å². The van der Waals surface area contributed by atoms with Gasteiger partial charge in [0.15, 0.2) is 4.77 Å². The van der Waals surface area contributed by atoms with Gasteiger partial charge in [0.1, 0.15) is 5.82 Å². The number of rotatable bonds is 1. The highest BCUT2D eigenvalue weighted by atomic mass is 35.5. The Balaban J connectivity index is 0.000000810. The molecule has 0 radical (unpaired) electrons. The number of nitrogens with two attached hydrogens (primary N) is 1. The van der Waals surface area contributed by atoms with E-state index in [9.17, 15) is 0 Å². The van der Waals surface area contributed by atoms with Gasteiger partial charge in [0, 0.05) is 7.05 Å². The first-order valence-electron chi connectivity index (χ1n) is 2.56. The summed E-state index contributed by atoms with van der Waals surface area (Å²) >= 11 is 4.83. The Bertz CT molecular complexity index is 252. The third-order valence-electron chi connectivity index (χ3n) is 1.15. The maximum Gasteiger partial charge on any atom is 0.194 e. The lowest BCUT2D eigenvalue weighted by atomic mass is 10.6. The molecule has 0 atom stereocenters. The normalized spacial score (nSPS) is 9.00. The van der Waals surface area contributed by atoms with Crippen LogP contribution >= 0.6 is 24.6 Å². The van der Waals surface area contributed by atoms with Gasteiger partial charge in [-0.05, 0) is 12.2 Å². The molecule has 0 aromatic carbocycles. The van der Waals surface area contributed by atoms with Crippen LogP contribution in [0.25, 0.3) is 0 Å². The summed E-state index contributed by atoms with van der Waals surface area (Å²) in [6, 6.07) is 0. The lowest BCUT2D eigenvalue weighted by Crippen LogP contribution is -2.04. The molecule has 0 spiro atoms. The molecule has 0 fully saturated rings. The van der Waals surface area contributed by atoms with Gasteiger partial charge in [0.05, 0.1) is 6.54 Å². The highest BCUT2D eigenvalue weighted by Crippen LogP contribution is 1.90. The zero-order valence-electron chi connectivity index (χ0n) is 5.50. The average Bonchev–Trinajstić information content (AvgIpc) is 2.15. The molecule has 0 unspecified atom stereocenters. The van der Waals surface area contributed by atoms with Gasteiger partial charge >= 0.3 is 0 Å². The number of nitrogens with one attached hydrogen (secondary N) is 1. The number of aromatic nitrogens is 3. The van der Waals surface area contributed by atoms with Crippen molar-refractivity contribution in [3.63, 3.8) is 0 Å². The van der Waals surface area contributed by atoms with Gasteiger partial charge in [-0.1, -0.05) is 0 Å². The molecule has 3 N–H and O–H groups in total. The molecule has 0 aliphatic rings. The van der Waals surface area contributed by atoms with Crippen molar-refractivity contribution >= 4 is 24.6 Å². The summed E-state index contributed by atoms with van der Waals surface area (Å²) in [5.74, 6) is 0.778. The summed E-state index contributed by atoms with van der Waals surface area (Å²) in [6.07, 6.45) is 0. The standard InChI is InChI=1S/C4H8N4S.ClH/c1-8-3(2-5)6-7-4(8)9;/h2,5H2,1H3,(H,7,9);1H. The van der Waals surface area contributed by atoms with Crippen LogP contribution in [0.4, 0.5) is 0 Å². The van der Waals surface area contributed by atoms with Gasteiger partial charge in [0.2, 0.25) is 0 Å². The lowest BCUT2D eigenvalue weighted by Gasteiger charge is -1.91. The van der Waals surface area contributed by atoms with Crippen molar-refractivity contribution in [3.8, 4) is 0 Å². The highest BCUT2D eigenvalue weighted by Gasteiger charge is 1.95. The second kappa shape index (κ2) is 3.70. The number of H-pyrrole nitrogens is 1. The van der Waals surface area contributed by atoms with Crippen molar-refractivity contribution < 1.29 is 0 Å². The van der Waals surface area contributed by atoms with Gasteiger partial charge in [-0.3, -0.25) is 5.10 Å². The Kier molecular flexibility index (Phi) is 3.55. The maximum absolute atomic E-state index is 5.31. The van der Waals surface area contributed by atoms with Crippen LogP contribution in [-0.2, 0) is 13.6 Å². The van der Waals surface area contributed by atoms with Crippen molar-refractivity contribution in [2.24, 2.45) is 12.8 Å². The minimum atomic E-state index is 0. The van der Waals surface area contributed by atoms with E-state index in [0.29, 0.717) is 11.3 Å². The van der Waals surface area contributed by atoms with Gasteiger partial charge in [0.25, 0.3) is 0 Å². The number of nitrogens with zero attached hydrogens (tertiary/aromatic N) is 2. The fraction of sp³-hybridized carbons (Fsp3) is 0.500. The molecule has 0 aliphatic carbocycles. The fourth-order valence-electron chi connectivity index (χ4n) is 0.562. The predicted molar refractivity (Wildman–Crippen MR) is 43.5 cm³/mol. The van der Waals surface area contributed by atoms with Crippen molar-refractivity contribution in [2.45, 2.75) is 6.54 Å². The minimum Gasteiger partial charge on any atom is -0.324 e. The predicted octanol–water partition coefficient (Wildman–Crippen LogP) is 0.358. The zero-order valence-corrected chi connectivity index (χ0v) is 7.13. The summed E-state index contributed by atoms with van der Waals surface area (Å²) in [4.78, 5) is 0. The molecule has 0 amide bonds. The summed E-state index contributed by atoms with van der Waals surface area (Å²) in [6.45, 7) is 0.420. The van der Waals surface area contributed by atoms with E-state index >= 15 is 0 Å². The Morgan fingerprint density at radius 3 is 2.60 bits per heavy atom. The minimum absolute atomic E-state index is 0. The molecule has 4 nitrogen and oxygen atoms in total. The molecule has 10 heavy (non-hydrogen) atoms. The molecular weight excluding hydrogens is 172 g/mol. The molecule has 0 aliphatic heterocycles. The van der Waals surface area contributed by atoms with E-state index in [4.69, 9.17) is 18.0 Å². The topological polar surface area (TPSA) is 59.6 Å². The van der Waals surface area contributed by atoms with Crippen molar-refractivity contribution in [2.75, 3.05) is 0 Å². The number of aromatic amines is 1. The Hall–Kier alpha value is -0.390. The first-order valence-corrected chi connectivity index (χ1v) is 2.97. The molecule has 1 rings (SSSR count). The van der Waals surface area contributed by atoms with Crippen molar-refractivity contribution in [1.82, 2.24) is 14.8 Å². The molecule has 1 heterocycles. The molecule has 6 heteroatoms. The molecule has 1 aromatic heterocycles. The fourth-order valence-corrected chi connectivity index (χ4v) is 0.713. The van der Waals surface area contributed by atoms with Gasteiger partial charge in [-0.2, -0.15) is 5.10 Å². The second-order valence-electron chi connectivity index (χ2n) is 1.71. The van der Waals surface area contributed by atoms with Gasteiger partial charge in [-0.25, -0.2) is 0 Å². The maximum atomic E-state index is 5.31. The van der Waals surface area contributed by atoms with Crippen LogP contribution in [0.15, 0.2) is 0 Å². The van der Waals surface area contributed by atoms with E-state index in [2.05, 4.69) is 10.2 Å². The zero-order chi connectivity index (χ0) is 6.85. The third kappa shape index (κ3) is 1.56. The van der Waals surface area contributed by atoms with Gasteiger partial charge in [-0.15, -0.1) is 12.4 Å². The average molecular weight is 181 g/mol. The molecule has 0 saturated carbocycles. The number of halogens is 1. The largest absolute Gasteiger partial charge is 0.324 e. The SMILES string of the molecule is Cl.Cn1c(CN)n[nH]c1=S. The van der Waals surface area contributed by atoms with E-state index in [1.54, 1.807) is 4.57 Å². The van der Waals surface area contributed by atoms with E-state index in [0.717, 1.165) is 5.82 Å². The van der Waals surface area contributed by atoms with Crippen molar-refractivity contribution in [1.29, 1.82) is 0 Å². The molecule has 1 aromatic rings. The molecule has 0 saturated heterocycles. The van der Waals surface area contributed by atoms with E-state index < -0.39 is 0 Å². The smallest absolute Gasteiger partial charge is 0.194 e. The van der Waals surface area contributed by atoms with E-state index in [-0.39, 0.29) is 12.4 Å². The lowest BCUT2D eigenvalue weighted by molar-refractivity contribution is 0.786. The van der Waals surface area contributed by atoms with Crippen LogP contribution in [-0.4, -0.2) is 14.8 Å². The Morgan fingerprint density at radius 1 is 1.80 bits per heavy atom. The van der Waals surface area contributed by atoms with Crippen LogP contribution in [0, 0.1) is 4.77 Å². The molecule has 58 valence electrons. The molecular formula is C4H9ClN4S. The first kappa shape index (κ1) is 9.61. The van der Waals surface area contributed by atoms with Crippen molar-refractivity contribution in [3.05, 3.63) is 10.6 Å². The first-order chi connectivity index (χ1) is 4.25. The monoisotopic (exact) mass is 180 g/mol. The summed E-state index contributed by atoms with van der Waals surface area (Å²) < 4.78 is 2.35. The summed E-state index contributed by atoms with van der Waals surface area (Å²) in [7, 11) is 1.83. The number of hydrogen-bond acceptors (Lipinski definition) is 3. The second-order valence-corrected chi connectivity index (χ2v) is 2.09. The third-order valence-corrected chi connectivity index (χ3v) is 1.52. The van der Waals surface area contributed by atoms with Gasteiger partial charge < -0.3 is 10.3 Å². The van der Waals surface area contributed by atoms with Crippen LogP contribution in [0.3, 0.4) is 0 Å². The van der Waals surface area contributed by atoms with Crippen LogP contribution < -0.4 is 5.73 Å². The Morgan fingerprint density at radius 2 is 2.40 bits per heavy atom.